The van der Waals surface area contributed by atoms with Gasteiger partial charge in [-0.2, -0.15) is 0 Å². The summed E-state index contributed by atoms with van der Waals surface area (Å²) >= 11 is 7.02. The van der Waals surface area contributed by atoms with Crippen molar-refractivity contribution in [2.24, 2.45) is 0 Å². The zero-order chi connectivity index (χ0) is 10.7. The Kier molecular flexibility index (Phi) is 3.49. The van der Waals surface area contributed by atoms with Crippen LogP contribution in [0.25, 0.3) is 0 Å². The monoisotopic (exact) mass is 239 g/mol. The van der Waals surface area contributed by atoms with Gasteiger partial charge in [-0.25, -0.2) is 0 Å². The number of thioether (sulfide) groups is 1. The highest BCUT2D eigenvalue weighted by molar-refractivity contribution is 8.23. The Labute approximate surface area is 99.6 Å². The number of nitrogens with zero attached hydrogens (tertiary/aromatic N) is 1. The van der Waals surface area contributed by atoms with E-state index in [4.69, 9.17) is 17.0 Å². The second-order valence-corrected chi connectivity index (χ2v) is 5.11. The van der Waals surface area contributed by atoms with Gasteiger partial charge >= 0.3 is 0 Å². The van der Waals surface area contributed by atoms with Gasteiger partial charge in [-0.05, 0) is 17.7 Å². The van der Waals surface area contributed by atoms with Crippen LogP contribution in [0.5, 0.6) is 5.75 Å². The summed E-state index contributed by atoms with van der Waals surface area (Å²) in [6.07, 6.45) is 0. The summed E-state index contributed by atoms with van der Waals surface area (Å²) in [6.45, 7) is 1.98. The molecule has 1 fully saturated rings. The topological polar surface area (TPSA) is 12.5 Å². The van der Waals surface area contributed by atoms with Gasteiger partial charge in [0, 0.05) is 18.8 Å². The normalized spacial score (nSPS) is 15.8. The molecule has 1 aliphatic heterocycles. The zero-order valence-corrected chi connectivity index (χ0v) is 10.2. The molecule has 1 aromatic carbocycles. The van der Waals surface area contributed by atoms with E-state index in [-0.39, 0.29) is 0 Å². The average molecular weight is 239 g/mol. The summed E-state index contributed by atoms with van der Waals surface area (Å²) in [5.41, 5.74) is 1.28. The molecular formula is C11H13NOS2. The zero-order valence-electron chi connectivity index (χ0n) is 8.60. The van der Waals surface area contributed by atoms with Gasteiger partial charge in [0.15, 0.2) is 0 Å². The van der Waals surface area contributed by atoms with Gasteiger partial charge in [-0.1, -0.05) is 36.1 Å². The van der Waals surface area contributed by atoms with E-state index in [0.29, 0.717) is 0 Å². The van der Waals surface area contributed by atoms with E-state index < -0.39 is 0 Å². The quantitative estimate of drug-likeness (QED) is 0.751. The molecule has 0 saturated carbocycles. The van der Waals surface area contributed by atoms with E-state index in [2.05, 4.69) is 17.0 Å². The first-order valence-electron chi connectivity index (χ1n) is 4.84. The van der Waals surface area contributed by atoms with E-state index in [1.165, 1.54) is 5.56 Å². The molecule has 80 valence electrons. The molecule has 0 atom stereocenters. The number of methoxy groups -OCH3 is 1. The maximum absolute atomic E-state index is 5.25. The molecule has 0 aromatic heterocycles. The van der Waals surface area contributed by atoms with E-state index in [9.17, 15) is 0 Å². The average Bonchev–Trinajstić information content (AvgIpc) is 2.66. The van der Waals surface area contributed by atoms with E-state index in [0.717, 1.165) is 28.9 Å². The Morgan fingerprint density at radius 1 is 1.40 bits per heavy atom. The standard InChI is InChI=1S/C11H13NOS2/c1-13-10-4-2-9(3-5-10)8-12-6-7-15-11(12)14/h2-5H,6-8H2,1H3. The van der Waals surface area contributed by atoms with Crippen LogP contribution in [0, 0.1) is 0 Å². The minimum atomic E-state index is 0.900. The Balaban J connectivity index is 2.01. The third-order valence-electron chi connectivity index (χ3n) is 2.38. The lowest BCUT2D eigenvalue weighted by molar-refractivity contribution is 0.414. The van der Waals surface area contributed by atoms with Crippen molar-refractivity contribution in [3.8, 4) is 5.75 Å². The molecule has 0 unspecified atom stereocenters. The summed E-state index contributed by atoms with van der Waals surface area (Å²) in [4.78, 5) is 2.24. The fourth-order valence-corrected chi connectivity index (χ4v) is 2.75. The van der Waals surface area contributed by atoms with Crippen molar-refractivity contribution in [3.63, 3.8) is 0 Å². The van der Waals surface area contributed by atoms with Crippen molar-refractivity contribution >= 4 is 28.3 Å². The van der Waals surface area contributed by atoms with Crippen molar-refractivity contribution in [2.45, 2.75) is 6.54 Å². The predicted molar refractivity (Wildman–Crippen MR) is 68.5 cm³/mol. The maximum atomic E-state index is 5.25. The smallest absolute Gasteiger partial charge is 0.136 e. The van der Waals surface area contributed by atoms with Crippen molar-refractivity contribution in [1.82, 2.24) is 4.90 Å². The van der Waals surface area contributed by atoms with Gasteiger partial charge in [0.05, 0.1) is 7.11 Å². The molecule has 15 heavy (non-hydrogen) atoms. The second kappa shape index (κ2) is 4.86. The van der Waals surface area contributed by atoms with Gasteiger partial charge in [0.25, 0.3) is 0 Å². The molecule has 1 heterocycles. The van der Waals surface area contributed by atoms with Crippen molar-refractivity contribution in [2.75, 3.05) is 19.4 Å². The largest absolute Gasteiger partial charge is 0.497 e. The molecule has 0 aliphatic carbocycles. The minimum Gasteiger partial charge on any atom is -0.497 e. The fraction of sp³-hybridized carbons (Fsp3) is 0.364. The molecule has 0 bridgehead atoms. The molecule has 1 saturated heterocycles. The van der Waals surface area contributed by atoms with Crippen LogP contribution >= 0.6 is 24.0 Å². The summed E-state index contributed by atoms with van der Waals surface area (Å²) < 4.78 is 6.14. The lowest BCUT2D eigenvalue weighted by Crippen LogP contribution is -2.22. The Bertz CT molecular complexity index is 350. The van der Waals surface area contributed by atoms with E-state index in [1.807, 2.05) is 12.1 Å². The molecular weight excluding hydrogens is 226 g/mol. The lowest BCUT2D eigenvalue weighted by atomic mass is 10.2. The van der Waals surface area contributed by atoms with Gasteiger partial charge < -0.3 is 9.64 Å². The first-order valence-corrected chi connectivity index (χ1v) is 6.23. The highest BCUT2D eigenvalue weighted by Gasteiger charge is 2.16. The Morgan fingerprint density at radius 2 is 2.13 bits per heavy atom. The van der Waals surface area contributed by atoms with Crippen molar-refractivity contribution in [1.29, 1.82) is 0 Å². The molecule has 2 nitrogen and oxygen atoms in total. The number of hydrogen-bond acceptors (Lipinski definition) is 3. The van der Waals surface area contributed by atoms with Crippen LogP contribution in [-0.4, -0.2) is 28.6 Å². The first-order chi connectivity index (χ1) is 7.29. The van der Waals surface area contributed by atoms with Gasteiger partial charge in [0.2, 0.25) is 0 Å². The molecule has 4 heteroatoms. The Hall–Kier alpha value is -0.740. The fourth-order valence-electron chi connectivity index (χ4n) is 1.52. The SMILES string of the molecule is COc1ccc(CN2CCSC2=S)cc1. The van der Waals surface area contributed by atoms with E-state index in [1.54, 1.807) is 18.9 Å². The summed E-state index contributed by atoms with van der Waals surface area (Å²) in [7, 11) is 1.68. The summed E-state index contributed by atoms with van der Waals surface area (Å²) in [5.74, 6) is 2.02. The first kappa shape index (κ1) is 10.8. The van der Waals surface area contributed by atoms with Crippen molar-refractivity contribution in [3.05, 3.63) is 29.8 Å². The summed E-state index contributed by atoms with van der Waals surface area (Å²) in [5, 5.41) is 0. The van der Waals surface area contributed by atoms with Crippen LogP contribution < -0.4 is 4.74 Å². The van der Waals surface area contributed by atoms with Gasteiger partial charge in [-0.3, -0.25) is 0 Å². The number of ether oxygens (including phenoxy) is 1. The van der Waals surface area contributed by atoms with Crippen LogP contribution in [0.15, 0.2) is 24.3 Å². The number of hydrogen-bond donors (Lipinski definition) is 0. The van der Waals surface area contributed by atoms with Crippen LogP contribution in [0.3, 0.4) is 0 Å². The molecule has 0 amide bonds. The highest BCUT2D eigenvalue weighted by Crippen LogP contribution is 2.21. The number of rotatable bonds is 3. The maximum Gasteiger partial charge on any atom is 0.136 e. The van der Waals surface area contributed by atoms with Crippen molar-refractivity contribution < 1.29 is 4.74 Å². The molecule has 0 spiro atoms. The van der Waals surface area contributed by atoms with Crippen LogP contribution in [-0.2, 0) is 6.54 Å². The van der Waals surface area contributed by atoms with Crippen LogP contribution in [0.4, 0.5) is 0 Å². The summed E-state index contributed by atoms with van der Waals surface area (Å²) in [6, 6.07) is 8.15. The molecule has 0 N–H and O–H groups in total. The third-order valence-corrected chi connectivity index (χ3v) is 3.88. The minimum absolute atomic E-state index is 0.900. The number of thiocarbonyl (C=S) groups is 1. The number of benzene rings is 1. The van der Waals surface area contributed by atoms with Crippen LogP contribution in [0.1, 0.15) is 5.56 Å². The Morgan fingerprint density at radius 3 is 2.67 bits per heavy atom. The van der Waals surface area contributed by atoms with Crippen LogP contribution in [0.2, 0.25) is 0 Å². The highest BCUT2D eigenvalue weighted by atomic mass is 32.2. The second-order valence-electron chi connectivity index (χ2n) is 3.38. The predicted octanol–water partition coefficient (Wildman–Crippen LogP) is 2.53. The molecule has 2 rings (SSSR count). The molecule has 1 aliphatic rings. The molecule has 0 radical (unpaired) electrons. The molecule has 1 aromatic rings. The van der Waals surface area contributed by atoms with Gasteiger partial charge in [0.1, 0.15) is 10.1 Å². The third kappa shape index (κ3) is 2.63. The lowest BCUT2D eigenvalue weighted by Gasteiger charge is -2.16. The van der Waals surface area contributed by atoms with Gasteiger partial charge in [-0.15, -0.1) is 0 Å². The van der Waals surface area contributed by atoms with E-state index >= 15 is 0 Å².